The van der Waals surface area contributed by atoms with Crippen LogP contribution in [0.2, 0.25) is 0 Å². The van der Waals surface area contributed by atoms with Crippen molar-refractivity contribution in [2.24, 2.45) is 0 Å². The van der Waals surface area contributed by atoms with Crippen molar-refractivity contribution in [2.45, 2.75) is 4.95 Å². The molecule has 1 unspecified atom stereocenters. The Morgan fingerprint density at radius 2 is 2.56 bits per heavy atom. The van der Waals surface area contributed by atoms with Gasteiger partial charge in [0.05, 0.1) is 0 Å². The molecule has 1 aliphatic rings. The lowest BCUT2D eigenvalue weighted by Crippen LogP contribution is -2.17. The summed E-state index contributed by atoms with van der Waals surface area (Å²) < 4.78 is 0. The molecule has 0 saturated carbocycles. The van der Waals surface area contributed by atoms with Gasteiger partial charge in [0.2, 0.25) is 0 Å². The van der Waals surface area contributed by atoms with E-state index in [9.17, 15) is 4.79 Å². The van der Waals surface area contributed by atoms with Gasteiger partial charge in [0.15, 0.2) is 6.29 Å². The molecular formula is C6H6BrNO. The van der Waals surface area contributed by atoms with Gasteiger partial charge >= 0.3 is 0 Å². The number of alkyl halides is 1. The highest BCUT2D eigenvalue weighted by atomic mass is 79.9. The van der Waals surface area contributed by atoms with Gasteiger partial charge in [-0.25, -0.2) is 0 Å². The highest BCUT2D eigenvalue weighted by Gasteiger charge is 2.00. The second kappa shape index (κ2) is 2.82. The number of hydrogen-bond acceptors (Lipinski definition) is 2. The average Bonchev–Trinajstić information content (AvgIpc) is 1.90. The summed E-state index contributed by atoms with van der Waals surface area (Å²) in [4.78, 5) is 10.3. The van der Waals surface area contributed by atoms with Crippen LogP contribution in [0.25, 0.3) is 0 Å². The second-order valence-electron chi connectivity index (χ2n) is 1.69. The van der Waals surface area contributed by atoms with Crippen molar-refractivity contribution < 1.29 is 4.79 Å². The summed E-state index contributed by atoms with van der Waals surface area (Å²) in [7, 11) is 0. The summed E-state index contributed by atoms with van der Waals surface area (Å²) in [5, 5.41) is 2.92. The number of rotatable bonds is 1. The summed E-state index contributed by atoms with van der Waals surface area (Å²) in [6, 6.07) is 0. The predicted octanol–water partition coefficient (Wildman–Crippen LogP) is 0.950. The van der Waals surface area contributed by atoms with Crippen molar-refractivity contribution in [2.75, 3.05) is 0 Å². The van der Waals surface area contributed by atoms with Gasteiger partial charge in [0.1, 0.15) is 4.95 Å². The van der Waals surface area contributed by atoms with Crippen molar-refractivity contribution in [1.29, 1.82) is 0 Å². The molecule has 0 spiro atoms. The van der Waals surface area contributed by atoms with Crippen LogP contribution in [-0.2, 0) is 4.79 Å². The molecule has 0 saturated heterocycles. The summed E-state index contributed by atoms with van der Waals surface area (Å²) in [6.45, 7) is 0. The number of hydrogen-bond donors (Lipinski definition) is 1. The maximum absolute atomic E-state index is 10.1. The van der Waals surface area contributed by atoms with E-state index in [-0.39, 0.29) is 4.95 Å². The van der Waals surface area contributed by atoms with E-state index in [2.05, 4.69) is 21.2 Å². The summed E-state index contributed by atoms with van der Waals surface area (Å²) in [6.07, 6.45) is 6.11. The van der Waals surface area contributed by atoms with Gasteiger partial charge in [-0.15, -0.1) is 0 Å². The fourth-order valence-corrected chi connectivity index (χ4v) is 0.833. The lowest BCUT2D eigenvalue weighted by molar-refractivity contribution is -0.104. The normalized spacial score (nSPS) is 24.6. The standard InChI is InChI=1S/C6H6BrNO/c7-6-2-1-5(4-9)3-8-6/h1-4,6,8H. The molecule has 0 fully saturated rings. The fraction of sp³-hybridized carbons (Fsp3) is 0.167. The van der Waals surface area contributed by atoms with E-state index in [4.69, 9.17) is 0 Å². The largest absolute Gasteiger partial charge is 0.375 e. The number of allylic oxidation sites excluding steroid dienone is 2. The molecule has 2 nitrogen and oxygen atoms in total. The first kappa shape index (κ1) is 6.55. The highest BCUT2D eigenvalue weighted by molar-refractivity contribution is 9.09. The van der Waals surface area contributed by atoms with Crippen LogP contribution in [0.15, 0.2) is 23.9 Å². The Bertz CT molecular complexity index is 174. The van der Waals surface area contributed by atoms with Gasteiger partial charge in [-0.3, -0.25) is 4.79 Å². The molecule has 9 heavy (non-hydrogen) atoms. The molecule has 0 aromatic rings. The molecule has 3 heteroatoms. The SMILES string of the molecule is O=CC1=CNC(Br)C=C1. The summed E-state index contributed by atoms with van der Waals surface area (Å²) >= 11 is 3.29. The molecule has 1 N–H and O–H groups in total. The van der Waals surface area contributed by atoms with Crippen LogP contribution in [0.1, 0.15) is 0 Å². The summed E-state index contributed by atoms with van der Waals surface area (Å²) in [5.41, 5.74) is 0.672. The van der Waals surface area contributed by atoms with Crippen LogP contribution in [0, 0.1) is 0 Å². The van der Waals surface area contributed by atoms with Crippen molar-refractivity contribution >= 4 is 22.2 Å². The summed E-state index contributed by atoms with van der Waals surface area (Å²) in [5.74, 6) is 0. The Morgan fingerprint density at radius 1 is 1.78 bits per heavy atom. The molecule has 0 aliphatic carbocycles. The molecule has 0 radical (unpaired) electrons. The molecule has 0 amide bonds. The third-order valence-corrected chi connectivity index (χ3v) is 1.57. The van der Waals surface area contributed by atoms with E-state index < -0.39 is 0 Å². The smallest absolute Gasteiger partial charge is 0.151 e. The number of carbonyl (C=O) groups is 1. The van der Waals surface area contributed by atoms with Gasteiger partial charge < -0.3 is 5.32 Å². The Morgan fingerprint density at radius 3 is 3.00 bits per heavy atom. The average molecular weight is 188 g/mol. The van der Waals surface area contributed by atoms with Crippen LogP contribution in [0.5, 0.6) is 0 Å². The number of dihydropyridines is 1. The first-order chi connectivity index (χ1) is 4.33. The first-order valence-corrected chi connectivity index (χ1v) is 3.48. The van der Waals surface area contributed by atoms with Crippen LogP contribution < -0.4 is 5.32 Å². The Kier molecular flexibility index (Phi) is 2.05. The molecule has 0 aromatic heterocycles. The van der Waals surface area contributed by atoms with Gasteiger partial charge in [0, 0.05) is 11.8 Å². The second-order valence-corrected chi connectivity index (χ2v) is 2.68. The lowest BCUT2D eigenvalue weighted by atomic mass is 10.2. The van der Waals surface area contributed by atoms with Gasteiger partial charge in [-0.2, -0.15) is 0 Å². The molecule has 1 rings (SSSR count). The molecule has 0 bridgehead atoms. The Hall–Kier alpha value is -0.570. The van der Waals surface area contributed by atoms with Crippen LogP contribution >= 0.6 is 15.9 Å². The number of aldehydes is 1. The molecule has 1 aliphatic heterocycles. The number of nitrogens with one attached hydrogen (secondary N) is 1. The zero-order valence-corrected chi connectivity index (χ0v) is 6.26. The molecule has 1 heterocycles. The van der Waals surface area contributed by atoms with Crippen LogP contribution in [-0.4, -0.2) is 11.2 Å². The van der Waals surface area contributed by atoms with Crippen molar-refractivity contribution in [3.63, 3.8) is 0 Å². The van der Waals surface area contributed by atoms with Crippen molar-refractivity contribution in [3.8, 4) is 0 Å². The topological polar surface area (TPSA) is 29.1 Å². The monoisotopic (exact) mass is 187 g/mol. The zero-order valence-electron chi connectivity index (χ0n) is 4.67. The van der Waals surface area contributed by atoms with E-state index >= 15 is 0 Å². The first-order valence-electron chi connectivity index (χ1n) is 2.56. The maximum atomic E-state index is 10.1. The molecular weight excluding hydrogens is 182 g/mol. The van der Waals surface area contributed by atoms with Gasteiger partial charge in [-0.05, 0) is 0 Å². The van der Waals surface area contributed by atoms with Crippen molar-refractivity contribution in [3.05, 3.63) is 23.9 Å². The minimum atomic E-state index is 0.168. The maximum Gasteiger partial charge on any atom is 0.151 e. The third kappa shape index (κ3) is 1.68. The van der Waals surface area contributed by atoms with Gasteiger partial charge in [-0.1, -0.05) is 28.1 Å². The third-order valence-electron chi connectivity index (χ3n) is 1.00. The fourth-order valence-electron chi connectivity index (χ4n) is 0.548. The minimum Gasteiger partial charge on any atom is -0.375 e. The van der Waals surface area contributed by atoms with E-state index in [1.165, 1.54) is 0 Å². The lowest BCUT2D eigenvalue weighted by Gasteiger charge is -2.08. The molecule has 1 atom stereocenters. The Labute approximate surface area is 61.8 Å². The number of halogens is 1. The highest BCUT2D eigenvalue weighted by Crippen LogP contribution is 2.05. The Balaban J connectivity index is 2.62. The van der Waals surface area contributed by atoms with Crippen molar-refractivity contribution in [1.82, 2.24) is 5.32 Å². The van der Waals surface area contributed by atoms with E-state index in [0.717, 1.165) is 6.29 Å². The quantitative estimate of drug-likeness (QED) is 0.377. The van der Waals surface area contributed by atoms with Gasteiger partial charge in [0.25, 0.3) is 0 Å². The van der Waals surface area contributed by atoms with E-state index in [1.807, 2.05) is 6.08 Å². The van der Waals surface area contributed by atoms with E-state index in [0.29, 0.717) is 5.57 Å². The van der Waals surface area contributed by atoms with E-state index in [1.54, 1.807) is 12.3 Å². The molecule has 48 valence electrons. The van der Waals surface area contributed by atoms with Crippen LogP contribution in [0.4, 0.5) is 0 Å². The zero-order chi connectivity index (χ0) is 6.69. The predicted molar refractivity (Wildman–Crippen MR) is 39.1 cm³/mol. The molecule has 0 aromatic carbocycles. The minimum absolute atomic E-state index is 0.168. The number of carbonyl (C=O) groups excluding carboxylic acids is 1. The van der Waals surface area contributed by atoms with Crippen LogP contribution in [0.3, 0.4) is 0 Å².